The van der Waals surface area contributed by atoms with E-state index < -0.39 is 15.5 Å². The van der Waals surface area contributed by atoms with Crippen LogP contribution in [0.15, 0.2) is 46.5 Å². The Morgan fingerprint density at radius 1 is 1.15 bits per heavy atom. The van der Waals surface area contributed by atoms with Gasteiger partial charge in [-0.3, -0.25) is 9.82 Å². The number of hydrogen-bond acceptors (Lipinski definition) is 4. The van der Waals surface area contributed by atoms with Gasteiger partial charge in [-0.25, -0.2) is 0 Å². The minimum absolute atomic E-state index is 0.0259. The van der Waals surface area contributed by atoms with Crippen LogP contribution in [0.5, 0.6) is 0 Å². The van der Waals surface area contributed by atoms with Gasteiger partial charge in [-0.2, -0.15) is 26.7 Å². The van der Waals surface area contributed by atoms with Crippen molar-refractivity contribution in [2.75, 3.05) is 4.72 Å². The Morgan fingerprint density at radius 2 is 1.80 bits per heavy atom. The van der Waals surface area contributed by atoms with Crippen LogP contribution in [0.1, 0.15) is 0 Å². The Hall–Kier alpha value is -1.68. The average molecular weight is 323 g/mol. The van der Waals surface area contributed by atoms with Crippen molar-refractivity contribution in [2.24, 2.45) is 0 Å². The van der Waals surface area contributed by atoms with Crippen molar-refractivity contribution >= 4 is 27.5 Å². The second kappa shape index (κ2) is 5.37. The monoisotopic (exact) mass is 323 g/mol. The summed E-state index contributed by atoms with van der Waals surface area (Å²) in [7, 11) is -3.82. The molecule has 0 spiro atoms. The fraction of sp³-hybridized carbons (Fsp3) is 0.100. The molecule has 0 saturated carbocycles. The van der Waals surface area contributed by atoms with Crippen molar-refractivity contribution in [3.05, 3.63) is 36.5 Å². The molecule has 1 heterocycles. The maximum atomic E-state index is 12.1. The second-order valence-corrected chi connectivity index (χ2v) is 6.39. The number of benzene rings is 1. The number of rotatable bonds is 4. The number of aromatic nitrogens is 2. The zero-order chi connectivity index (χ0) is 14.8. The molecule has 1 aromatic heterocycles. The Balaban J connectivity index is 2.12. The highest BCUT2D eigenvalue weighted by molar-refractivity contribution is 8.00. The summed E-state index contributed by atoms with van der Waals surface area (Å²) in [6, 6.07) is 6.13. The number of anilines is 1. The van der Waals surface area contributed by atoms with Crippen LogP contribution in [-0.4, -0.2) is 24.1 Å². The lowest BCUT2D eigenvalue weighted by atomic mass is 10.3. The minimum atomic E-state index is -4.38. The van der Waals surface area contributed by atoms with Crippen LogP contribution in [-0.2, 0) is 10.0 Å². The summed E-state index contributed by atoms with van der Waals surface area (Å²) in [5.74, 6) is 0. The molecule has 0 radical (unpaired) electrons. The molecule has 0 atom stereocenters. The highest BCUT2D eigenvalue weighted by Gasteiger charge is 2.29. The third-order valence-electron chi connectivity index (χ3n) is 2.10. The first kappa shape index (κ1) is 14.7. The lowest BCUT2D eigenvalue weighted by Gasteiger charge is -2.08. The number of thioether (sulfide) groups is 1. The molecular formula is C10H8F3N3O2S2. The van der Waals surface area contributed by atoms with Crippen LogP contribution in [0.4, 0.5) is 18.9 Å². The first-order valence-corrected chi connectivity index (χ1v) is 7.44. The molecule has 2 rings (SSSR count). The Morgan fingerprint density at radius 3 is 2.30 bits per heavy atom. The Kier molecular flexibility index (Phi) is 3.95. The second-order valence-electron chi connectivity index (χ2n) is 3.60. The van der Waals surface area contributed by atoms with Crippen molar-refractivity contribution in [3.63, 3.8) is 0 Å². The van der Waals surface area contributed by atoms with Crippen molar-refractivity contribution in [2.45, 2.75) is 15.4 Å². The molecule has 0 fully saturated rings. The number of hydrogen-bond donors (Lipinski definition) is 2. The highest BCUT2D eigenvalue weighted by Crippen LogP contribution is 2.37. The maximum absolute atomic E-state index is 12.1. The molecule has 0 unspecified atom stereocenters. The van der Waals surface area contributed by atoms with Crippen molar-refractivity contribution in [3.8, 4) is 0 Å². The normalized spacial score (nSPS) is 12.3. The molecule has 0 saturated heterocycles. The molecule has 5 nitrogen and oxygen atoms in total. The van der Waals surface area contributed by atoms with Crippen LogP contribution < -0.4 is 4.72 Å². The van der Waals surface area contributed by atoms with E-state index in [1.54, 1.807) is 0 Å². The van der Waals surface area contributed by atoms with E-state index >= 15 is 0 Å². The largest absolute Gasteiger partial charge is 0.446 e. The number of nitrogens with one attached hydrogen (secondary N) is 2. The van der Waals surface area contributed by atoms with E-state index in [1.807, 2.05) is 0 Å². The Labute approximate surface area is 116 Å². The van der Waals surface area contributed by atoms with E-state index in [1.165, 1.54) is 36.5 Å². The lowest BCUT2D eigenvalue weighted by molar-refractivity contribution is -0.0328. The predicted octanol–water partition coefficient (Wildman–Crippen LogP) is 2.82. The van der Waals surface area contributed by atoms with Gasteiger partial charge < -0.3 is 0 Å². The first-order chi connectivity index (χ1) is 9.26. The third kappa shape index (κ3) is 3.90. The van der Waals surface area contributed by atoms with E-state index in [4.69, 9.17) is 0 Å². The van der Waals surface area contributed by atoms with Crippen molar-refractivity contribution in [1.82, 2.24) is 10.2 Å². The molecule has 0 aliphatic carbocycles. The van der Waals surface area contributed by atoms with Crippen LogP contribution in [0, 0.1) is 0 Å². The zero-order valence-corrected chi connectivity index (χ0v) is 11.3. The average Bonchev–Trinajstić information content (AvgIpc) is 2.84. The minimum Gasteiger partial charge on any atom is -0.278 e. The standard InChI is InChI=1S/C10H8F3N3O2S2/c11-10(12,13)19-8-3-1-7(2-4-8)16-20(17,18)9-5-6-14-15-9/h1-6,16H,(H,14,15). The molecule has 1 aromatic carbocycles. The quantitative estimate of drug-likeness (QED) is 0.849. The number of nitrogens with zero attached hydrogens (tertiary/aromatic N) is 1. The van der Waals surface area contributed by atoms with Crippen LogP contribution in [0.25, 0.3) is 0 Å². The summed E-state index contributed by atoms with van der Waals surface area (Å²) in [5, 5.41) is 5.67. The molecule has 108 valence electrons. The third-order valence-corrected chi connectivity index (χ3v) is 4.15. The lowest BCUT2D eigenvalue weighted by Crippen LogP contribution is -2.13. The van der Waals surface area contributed by atoms with Crippen molar-refractivity contribution < 1.29 is 21.6 Å². The van der Waals surface area contributed by atoms with E-state index in [-0.39, 0.29) is 27.4 Å². The molecule has 0 aliphatic heterocycles. The number of sulfonamides is 1. The summed E-state index contributed by atoms with van der Waals surface area (Å²) in [4.78, 5) is -0.0259. The van der Waals surface area contributed by atoms with Gasteiger partial charge in [0.25, 0.3) is 10.0 Å². The number of halogens is 3. The Bertz CT molecular complexity index is 667. The number of H-pyrrole nitrogens is 1. The number of alkyl halides is 3. The topological polar surface area (TPSA) is 74.8 Å². The summed E-state index contributed by atoms with van der Waals surface area (Å²) in [5.41, 5.74) is -4.22. The molecular weight excluding hydrogens is 315 g/mol. The predicted molar refractivity (Wildman–Crippen MR) is 67.8 cm³/mol. The SMILES string of the molecule is O=S(=O)(Nc1ccc(SC(F)(F)F)cc1)c1ccn[nH]1. The van der Waals surface area contributed by atoms with E-state index in [0.29, 0.717) is 0 Å². The zero-order valence-electron chi connectivity index (χ0n) is 9.68. The van der Waals surface area contributed by atoms with Gasteiger partial charge in [0.15, 0.2) is 5.03 Å². The van der Waals surface area contributed by atoms with E-state index in [9.17, 15) is 21.6 Å². The number of aromatic amines is 1. The molecule has 10 heteroatoms. The summed E-state index contributed by atoms with van der Waals surface area (Å²) in [6.07, 6.45) is 1.28. The van der Waals surface area contributed by atoms with Gasteiger partial charge in [-0.1, -0.05) is 0 Å². The van der Waals surface area contributed by atoms with E-state index in [2.05, 4.69) is 14.9 Å². The van der Waals surface area contributed by atoms with Crippen LogP contribution >= 0.6 is 11.8 Å². The molecule has 0 aliphatic rings. The van der Waals surface area contributed by atoms with Gasteiger partial charge in [0, 0.05) is 10.6 Å². The van der Waals surface area contributed by atoms with Crippen LogP contribution in [0.2, 0.25) is 0 Å². The van der Waals surface area contributed by atoms with Gasteiger partial charge in [-0.05, 0) is 42.1 Å². The molecule has 0 bridgehead atoms. The smallest absolute Gasteiger partial charge is 0.278 e. The molecule has 2 aromatic rings. The fourth-order valence-electron chi connectivity index (χ4n) is 1.33. The summed E-state index contributed by atoms with van der Waals surface area (Å²) < 4.78 is 62.3. The van der Waals surface area contributed by atoms with Crippen LogP contribution in [0.3, 0.4) is 0 Å². The molecule has 0 amide bonds. The van der Waals surface area contributed by atoms with Gasteiger partial charge in [-0.15, -0.1) is 0 Å². The van der Waals surface area contributed by atoms with Gasteiger partial charge >= 0.3 is 5.51 Å². The van der Waals surface area contributed by atoms with E-state index in [0.717, 1.165) is 0 Å². The van der Waals surface area contributed by atoms with Gasteiger partial charge in [0.2, 0.25) is 0 Å². The fourth-order valence-corrected chi connectivity index (χ4v) is 2.84. The molecule has 20 heavy (non-hydrogen) atoms. The molecule has 2 N–H and O–H groups in total. The van der Waals surface area contributed by atoms with Gasteiger partial charge in [0.05, 0.1) is 6.20 Å². The highest BCUT2D eigenvalue weighted by atomic mass is 32.2. The summed E-state index contributed by atoms with van der Waals surface area (Å²) in [6.45, 7) is 0. The maximum Gasteiger partial charge on any atom is 0.446 e. The summed E-state index contributed by atoms with van der Waals surface area (Å²) >= 11 is -0.268. The first-order valence-electron chi connectivity index (χ1n) is 5.14. The van der Waals surface area contributed by atoms with Crippen molar-refractivity contribution in [1.29, 1.82) is 0 Å². The van der Waals surface area contributed by atoms with Gasteiger partial charge in [0.1, 0.15) is 0 Å².